The zero-order chi connectivity index (χ0) is 12.8. The molecule has 0 saturated heterocycles. The van der Waals surface area contributed by atoms with Crippen molar-refractivity contribution in [2.75, 3.05) is 0 Å². The highest BCUT2D eigenvalue weighted by Crippen LogP contribution is 2.04. The van der Waals surface area contributed by atoms with Gasteiger partial charge in [0.15, 0.2) is 0 Å². The van der Waals surface area contributed by atoms with Crippen LogP contribution in [0.25, 0.3) is 0 Å². The fourth-order valence-electron chi connectivity index (χ4n) is 1.78. The zero-order valence-electron chi connectivity index (χ0n) is 10.4. The lowest BCUT2D eigenvalue weighted by atomic mass is 10.1. The van der Waals surface area contributed by atoms with Gasteiger partial charge in [-0.15, -0.1) is 0 Å². The molecule has 0 aliphatic carbocycles. The maximum atomic E-state index is 11.9. The molecule has 2 aromatic heterocycles. The summed E-state index contributed by atoms with van der Waals surface area (Å²) in [6, 6.07) is 3.86. The van der Waals surface area contributed by atoms with E-state index in [1.165, 1.54) is 6.33 Å². The predicted octanol–water partition coefficient (Wildman–Crippen LogP) is 1.44. The van der Waals surface area contributed by atoms with Crippen molar-refractivity contribution < 1.29 is 4.79 Å². The van der Waals surface area contributed by atoms with Crippen molar-refractivity contribution in [3.8, 4) is 0 Å². The van der Waals surface area contributed by atoms with Crippen LogP contribution in [0.15, 0.2) is 30.9 Å². The number of rotatable bonds is 6. The summed E-state index contributed by atoms with van der Waals surface area (Å²) < 4.78 is 1.75. The summed E-state index contributed by atoms with van der Waals surface area (Å²) in [5, 5.41) is 4.05. The fraction of sp³-hybridized carbons (Fsp3) is 0.385. The van der Waals surface area contributed by atoms with Crippen LogP contribution in [0.3, 0.4) is 0 Å². The summed E-state index contributed by atoms with van der Waals surface area (Å²) >= 11 is 0. The highest BCUT2D eigenvalue weighted by atomic mass is 16.1. The van der Waals surface area contributed by atoms with Gasteiger partial charge in [0.05, 0.1) is 6.42 Å². The van der Waals surface area contributed by atoms with Crippen LogP contribution >= 0.6 is 0 Å². The summed E-state index contributed by atoms with van der Waals surface area (Å²) in [4.78, 5) is 20.0. The zero-order valence-corrected chi connectivity index (χ0v) is 10.4. The number of ketones is 1. The van der Waals surface area contributed by atoms with Gasteiger partial charge >= 0.3 is 0 Å². The minimum atomic E-state index is 0.182. The highest BCUT2D eigenvalue weighted by molar-refractivity contribution is 5.80. The van der Waals surface area contributed by atoms with Gasteiger partial charge in [-0.3, -0.25) is 9.78 Å². The van der Waals surface area contributed by atoms with Gasteiger partial charge in [0.2, 0.25) is 0 Å². The van der Waals surface area contributed by atoms with E-state index in [4.69, 9.17) is 0 Å². The number of nitrogens with zero attached hydrogens (tertiary/aromatic N) is 4. The molecule has 0 fully saturated rings. The molecule has 0 radical (unpaired) electrons. The molecule has 2 rings (SSSR count). The molecule has 0 bridgehead atoms. The third-order valence-corrected chi connectivity index (χ3v) is 2.77. The molecular formula is C13H16N4O. The maximum absolute atomic E-state index is 11.9. The van der Waals surface area contributed by atoms with E-state index in [1.807, 2.05) is 19.1 Å². The van der Waals surface area contributed by atoms with Crippen LogP contribution in [-0.4, -0.2) is 25.5 Å². The van der Waals surface area contributed by atoms with Gasteiger partial charge in [-0.2, -0.15) is 5.10 Å². The van der Waals surface area contributed by atoms with E-state index >= 15 is 0 Å². The Morgan fingerprint density at radius 1 is 1.44 bits per heavy atom. The Hall–Kier alpha value is -2.04. The van der Waals surface area contributed by atoms with Crippen LogP contribution in [0.4, 0.5) is 0 Å². The van der Waals surface area contributed by atoms with Crippen molar-refractivity contribution in [1.82, 2.24) is 19.7 Å². The Kier molecular flexibility index (Phi) is 4.17. The second kappa shape index (κ2) is 6.05. The molecule has 0 N–H and O–H groups in total. The average Bonchev–Trinajstić information content (AvgIpc) is 2.85. The van der Waals surface area contributed by atoms with Crippen LogP contribution < -0.4 is 0 Å². The first kappa shape index (κ1) is 12.4. The summed E-state index contributed by atoms with van der Waals surface area (Å²) in [5.74, 6) is 0.926. The monoisotopic (exact) mass is 244 g/mol. The molecule has 0 spiro atoms. The van der Waals surface area contributed by atoms with Crippen LogP contribution in [0, 0.1) is 0 Å². The number of carbonyl (C=O) groups is 1. The molecule has 2 heterocycles. The minimum absolute atomic E-state index is 0.182. The Labute approximate surface area is 106 Å². The molecule has 5 nitrogen and oxygen atoms in total. The minimum Gasteiger partial charge on any atom is -0.299 e. The van der Waals surface area contributed by atoms with Crippen molar-refractivity contribution >= 4 is 5.78 Å². The number of aryl methyl sites for hydroxylation is 2. The topological polar surface area (TPSA) is 60.7 Å². The van der Waals surface area contributed by atoms with E-state index in [-0.39, 0.29) is 5.78 Å². The van der Waals surface area contributed by atoms with Crippen LogP contribution in [0.5, 0.6) is 0 Å². The molecule has 0 aliphatic rings. The van der Waals surface area contributed by atoms with Gasteiger partial charge in [-0.1, -0.05) is 6.07 Å². The van der Waals surface area contributed by atoms with Crippen molar-refractivity contribution in [2.45, 2.75) is 32.7 Å². The lowest BCUT2D eigenvalue weighted by Crippen LogP contribution is -2.11. The average molecular weight is 244 g/mol. The van der Waals surface area contributed by atoms with Gasteiger partial charge in [0.25, 0.3) is 0 Å². The van der Waals surface area contributed by atoms with E-state index in [0.29, 0.717) is 12.8 Å². The Morgan fingerprint density at radius 3 is 3.06 bits per heavy atom. The summed E-state index contributed by atoms with van der Waals surface area (Å²) in [6.45, 7) is 2.73. The molecule has 0 unspecified atom stereocenters. The van der Waals surface area contributed by atoms with Gasteiger partial charge in [0, 0.05) is 25.4 Å². The predicted molar refractivity (Wildman–Crippen MR) is 67.0 cm³/mol. The normalized spacial score (nSPS) is 10.5. The van der Waals surface area contributed by atoms with Crippen molar-refractivity contribution in [3.05, 3.63) is 42.2 Å². The van der Waals surface area contributed by atoms with E-state index in [0.717, 1.165) is 24.4 Å². The second-order valence-electron chi connectivity index (χ2n) is 4.07. The highest BCUT2D eigenvalue weighted by Gasteiger charge is 2.09. The Bertz CT molecular complexity index is 507. The van der Waals surface area contributed by atoms with E-state index < -0.39 is 0 Å². The molecule has 5 heteroatoms. The Balaban J connectivity index is 1.86. The third-order valence-electron chi connectivity index (χ3n) is 2.77. The Morgan fingerprint density at radius 2 is 2.33 bits per heavy atom. The van der Waals surface area contributed by atoms with Crippen LogP contribution in [0.2, 0.25) is 0 Å². The third kappa shape index (κ3) is 3.23. The van der Waals surface area contributed by atoms with Crippen LogP contribution in [-0.2, 0) is 24.2 Å². The smallest absolute Gasteiger partial charge is 0.140 e. The quantitative estimate of drug-likeness (QED) is 0.771. The number of hydrogen-bond donors (Lipinski definition) is 0. The molecule has 18 heavy (non-hydrogen) atoms. The van der Waals surface area contributed by atoms with Crippen molar-refractivity contribution in [3.63, 3.8) is 0 Å². The van der Waals surface area contributed by atoms with Crippen LogP contribution in [0.1, 0.15) is 24.7 Å². The molecule has 0 amide bonds. The van der Waals surface area contributed by atoms with Gasteiger partial charge < -0.3 is 0 Å². The summed E-state index contributed by atoms with van der Waals surface area (Å²) in [6.07, 6.45) is 6.62. The summed E-state index contributed by atoms with van der Waals surface area (Å²) in [5.41, 5.74) is 1.09. The van der Waals surface area contributed by atoms with E-state index in [9.17, 15) is 4.79 Å². The van der Waals surface area contributed by atoms with Gasteiger partial charge in [-0.25, -0.2) is 9.67 Å². The number of hydrogen-bond acceptors (Lipinski definition) is 4. The number of aromatic nitrogens is 4. The largest absolute Gasteiger partial charge is 0.299 e. The van der Waals surface area contributed by atoms with E-state index in [1.54, 1.807) is 17.1 Å². The van der Waals surface area contributed by atoms with Crippen molar-refractivity contribution in [2.24, 2.45) is 0 Å². The van der Waals surface area contributed by atoms with Crippen molar-refractivity contribution in [1.29, 1.82) is 0 Å². The van der Waals surface area contributed by atoms with Gasteiger partial charge in [0.1, 0.15) is 17.9 Å². The number of carbonyl (C=O) groups excluding carboxylic acids is 1. The molecule has 0 saturated carbocycles. The SMILES string of the molecule is CCn1ncnc1CC(=O)CCc1cccnc1. The first-order chi connectivity index (χ1) is 8.79. The number of Topliss-reactive ketones (excluding diaryl/α,β-unsaturated/α-hetero) is 1. The first-order valence-corrected chi connectivity index (χ1v) is 6.07. The molecule has 0 aromatic carbocycles. The lowest BCUT2D eigenvalue weighted by molar-refractivity contribution is -0.118. The standard InChI is InChI=1S/C13H16N4O/c1-2-17-13(15-10-16-17)8-12(18)6-5-11-4-3-7-14-9-11/h3-4,7,9-10H,2,5-6,8H2,1H3. The maximum Gasteiger partial charge on any atom is 0.140 e. The lowest BCUT2D eigenvalue weighted by Gasteiger charge is -2.02. The molecule has 0 aliphatic heterocycles. The molecule has 94 valence electrons. The molecule has 2 aromatic rings. The molecular weight excluding hydrogens is 228 g/mol. The molecule has 0 atom stereocenters. The number of pyridine rings is 1. The summed E-state index contributed by atoms with van der Waals surface area (Å²) in [7, 11) is 0. The fourth-order valence-corrected chi connectivity index (χ4v) is 1.78. The van der Waals surface area contributed by atoms with E-state index in [2.05, 4.69) is 15.1 Å². The first-order valence-electron chi connectivity index (χ1n) is 6.07. The van der Waals surface area contributed by atoms with Gasteiger partial charge in [-0.05, 0) is 25.0 Å². The second-order valence-corrected chi connectivity index (χ2v) is 4.07.